The van der Waals surface area contributed by atoms with Gasteiger partial charge in [-0.05, 0) is 29.3 Å². The van der Waals surface area contributed by atoms with E-state index in [2.05, 4.69) is 16.3 Å². The summed E-state index contributed by atoms with van der Waals surface area (Å²) in [4.78, 5) is -0.336. The van der Waals surface area contributed by atoms with Gasteiger partial charge in [-0.25, -0.2) is 8.42 Å². The summed E-state index contributed by atoms with van der Waals surface area (Å²) in [5.41, 5.74) is 0.782. The molecule has 0 aliphatic carbocycles. The molecule has 0 radical (unpaired) electrons. The maximum atomic E-state index is 11.1. The number of hydrogen-bond acceptors (Lipinski definition) is 6. The standard InChI is InChI=1S/C16H11N2O4S.2Na/c19-15-9-6-11-10-13(23(20,21)22)7-8-14(11)16(15)18-17-12-4-2-1-3-5-12;;/h2-10,19H,(H,20,21,22);;/q-1;2*+1/p-1. The Morgan fingerprint density at radius 2 is 1.64 bits per heavy atom. The van der Waals surface area contributed by atoms with Crippen molar-refractivity contribution in [2.24, 2.45) is 10.2 Å². The largest absolute Gasteiger partial charge is 1.00 e. The average Bonchev–Trinajstić information content (AvgIpc) is 2.53. The van der Waals surface area contributed by atoms with Crippen LogP contribution in [0.5, 0.6) is 5.75 Å². The number of rotatable bonds is 3. The summed E-state index contributed by atoms with van der Waals surface area (Å²) in [6.07, 6.45) is 0. The Morgan fingerprint density at radius 1 is 0.960 bits per heavy atom. The molecular formula is C16H10N2Na2O4S. The zero-order valence-corrected chi connectivity index (χ0v) is 18.5. The van der Waals surface area contributed by atoms with Gasteiger partial charge in [0.15, 0.2) is 0 Å². The van der Waals surface area contributed by atoms with Crippen LogP contribution in [0.25, 0.3) is 10.8 Å². The number of benzene rings is 3. The third-order valence-corrected chi connectivity index (χ3v) is 4.03. The summed E-state index contributed by atoms with van der Waals surface area (Å²) >= 11 is 0. The maximum Gasteiger partial charge on any atom is 1.00 e. The minimum absolute atomic E-state index is 0. The van der Waals surface area contributed by atoms with Crippen molar-refractivity contribution in [2.45, 2.75) is 4.90 Å². The van der Waals surface area contributed by atoms with Crippen molar-refractivity contribution in [1.82, 2.24) is 0 Å². The molecule has 0 saturated carbocycles. The Hall–Kier alpha value is -0.770. The molecule has 3 aromatic carbocycles. The van der Waals surface area contributed by atoms with Gasteiger partial charge in [-0.3, -0.25) is 0 Å². The number of azo groups is 1. The number of aromatic hydroxyl groups is 1. The van der Waals surface area contributed by atoms with Crippen LogP contribution < -0.4 is 59.1 Å². The number of fused-ring (bicyclic) bond motifs is 1. The number of nitrogens with zero attached hydrogens (tertiary/aromatic N) is 2. The van der Waals surface area contributed by atoms with Crippen molar-refractivity contribution in [3.05, 3.63) is 60.7 Å². The van der Waals surface area contributed by atoms with Gasteiger partial charge in [-0.1, -0.05) is 12.1 Å². The van der Waals surface area contributed by atoms with E-state index < -0.39 is 10.1 Å². The van der Waals surface area contributed by atoms with Crippen molar-refractivity contribution >= 4 is 32.3 Å². The van der Waals surface area contributed by atoms with E-state index in [-0.39, 0.29) is 75.4 Å². The van der Waals surface area contributed by atoms with Crippen LogP contribution in [0.4, 0.5) is 11.4 Å². The molecule has 0 amide bonds. The molecule has 25 heavy (non-hydrogen) atoms. The monoisotopic (exact) mass is 372 g/mol. The molecule has 0 unspecified atom stereocenters. The molecule has 0 spiro atoms. The van der Waals surface area contributed by atoms with E-state index in [1.54, 1.807) is 24.3 Å². The van der Waals surface area contributed by atoms with E-state index in [1.807, 2.05) is 0 Å². The molecule has 1 N–H and O–H groups in total. The van der Waals surface area contributed by atoms with Crippen LogP contribution in [0.2, 0.25) is 0 Å². The van der Waals surface area contributed by atoms with Gasteiger partial charge in [0.05, 0.1) is 4.90 Å². The Balaban J connectivity index is 0.00000156. The summed E-state index contributed by atoms with van der Waals surface area (Å²) in [6, 6.07) is 16.4. The van der Waals surface area contributed by atoms with Crippen molar-refractivity contribution in [1.29, 1.82) is 0 Å². The van der Waals surface area contributed by atoms with E-state index in [1.165, 1.54) is 30.3 Å². The molecule has 3 rings (SSSR count). The molecule has 0 bridgehead atoms. The first kappa shape index (κ1) is 22.3. The van der Waals surface area contributed by atoms with Crippen LogP contribution in [0.1, 0.15) is 0 Å². The number of phenolic OH excluding ortho intramolecular Hbond substituents is 1. The summed E-state index contributed by atoms with van der Waals surface area (Å²) in [5, 5.41) is 19.0. The van der Waals surface area contributed by atoms with Crippen molar-refractivity contribution in [2.75, 3.05) is 0 Å². The van der Waals surface area contributed by atoms with E-state index in [0.29, 0.717) is 16.5 Å². The van der Waals surface area contributed by atoms with Gasteiger partial charge < -0.3 is 9.66 Å². The van der Waals surface area contributed by atoms with Crippen LogP contribution in [0.15, 0.2) is 69.7 Å². The molecule has 0 heterocycles. The van der Waals surface area contributed by atoms with Crippen LogP contribution in [0, 0.1) is 6.07 Å². The van der Waals surface area contributed by atoms with Gasteiger partial charge in [0.2, 0.25) is 0 Å². The molecule has 6 nitrogen and oxygen atoms in total. The van der Waals surface area contributed by atoms with E-state index >= 15 is 0 Å². The maximum absolute atomic E-state index is 11.1. The fraction of sp³-hybridized carbons (Fsp3) is 0. The minimum atomic E-state index is -4.54. The average molecular weight is 372 g/mol. The first-order chi connectivity index (χ1) is 10.9. The normalized spacial score (nSPS) is 11.1. The SMILES string of the molecule is O=S(=O)([O-])c1ccc2c(N=Nc3cc[c-]cc3)c(O)ccc2c1.[Na+].[Na+]. The Morgan fingerprint density at radius 3 is 2.28 bits per heavy atom. The van der Waals surface area contributed by atoms with Gasteiger partial charge in [0, 0.05) is 5.39 Å². The first-order valence-corrected chi connectivity index (χ1v) is 7.95. The summed E-state index contributed by atoms with van der Waals surface area (Å²) in [6.45, 7) is 0. The van der Waals surface area contributed by atoms with Gasteiger partial charge in [0.25, 0.3) is 0 Å². The van der Waals surface area contributed by atoms with E-state index in [4.69, 9.17) is 0 Å². The molecule has 0 aromatic heterocycles. The topological polar surface area (TPSA) is 102 Å². The first-order valence-electron chi connectivity index (χ1n) is 6.55. The minimum Gasteiger partial charge on any atom is -0.744 e. The van der Waals surface area contributed by atoms with Crippen molar-refractivity contribution < 1.29 is 77.2 Å². The summed E-state index contributed by atoms with van der Waals surface area (Å²) in [5.74, 6) is -0.0959. The van der Waals surface area contributed by atoms with E-state index in [0.717, 1.165) is 0 Å². The molecule has 116 valence electrons. The Kier molecular flexibility index (Phi) is 8.24. The summed E-state index contributed by atoms with van der Waals surface area (Å²) < 4.78 is 33.3. The Labute approximate surface area is 189 Å². The second-order valence-electron chi connectivity index (χ2n) is 4.73. The molecule has 0 saturated heterocycles. The molecular weight excluding hydrogens is 362 g/mol. The Bertz CT molecular complexity index is 1010. The predicted octanol–water partition coefficient (Wildman–Crippen LogP) is -2.33. The van der Waals surface area contributed by atoms with Gasteiger partial charge in [0.1, 0.15) is 21.6 Å². The molecule has 3 aromatic rings. The van der Waals surface area contributed by atoms with Crippen LogP contribution >= 0.6 is 0 Å². The third kappa shape index (κ3) is 5.35. The van der Waals surface area contributed by atoms with E-state index in [9.17, 15) is 18.1 Å². The van der Waals surface area contributed by atoms with Crippen molar-refractivity contribution in [3.8, 4) is 5.75 Å². The predicted molar refractivity (Wildman–Crippen MR) is 83.0 cm³/mol. The second-order valence-corrected chi connectivity index (χ2v) is 6.11. The molecule has 0 atom stereocenters. The fourth-order valence-electron chi connectivity index (χ4n) is 2.09. The zero-order chi connectivity index (χ0) is 16.4. The zero-order valence-electron chi connectivity index (χ0n) is 13.7. The molecule has 0 fully saturated rings. The molecule has 0 aliphatic heterocycles. The smallest absolute Gasteiger partial charge is 0.744 e. The van der Waals surface area contributed by atoms with Crippen molar-refractivity contribution in [3.63, 3.8) is 0 Å². The summed E-state index contributed by atoms with van der Waals surface area (Å²) in [7, 11) is -4.54. The van der Waals surface area contributed by atoms with Gasteiger partial charge >= 0.3 is 59.1 Å². The quantitative estimate of drug-likeness (QED) is 0.241. The second kappa shape index (κ2) is 9.25. The molecule has 9 heteroatoms. The van der Waals surface area contributed by atoms with Gasteiger partial charge in [-0.15, -0.1) is 17.2 Å². The fourth-order valence-corrected chi connectivity index (χ4v) is 2.60. The third-order valence-electron chi connectivity index (χ3n) is 3.20. The number of hydrogen-bond donors (Lipinski definition) is 1. The van der Waals surface area contributed by atoms with Crippen LogP contribution in [-0.4, -0.2) is 18.1 Å². The number of phenols is 1. The molecule has 0 aliphatic rings. The van der Waals surface area contributed by atoms with Crippen LogP contribution in [-0.2, 0) is 10.1 Å². The van der Waals surface area contributed by atoms with Gasteiger partial charge in [-0.2, -0.15) is 23.3 Å². The van der Waals surface area contributed by atoms with Crippen LogP contribution in [0.3, 0.4) is 0 Å².